The molecule has 15 heavy (non-hydrogen) atoms. The molecule has 1 unspecified atom stereocenters. The fourth-order valence-corrected chi connectivity index (χ4v) is 2.17. The summed E-state index contributed by atoms with van der Waals surface area (Å²) in [6.07, 6.45) is 5.07. The molecule has 0 bridgehead atoms. The third kappa shape index (κ3) is 5.09. The maximum absolute atomic E-state index is 11.7. The molecule has 1 amide bonds. The van der Waals surface area contributed by atoms with Gasteiger partial charge in [0, 0.05) is 31.3 Å². The van der Waals surface area contributed by atoms with Crippen molar-refractivity contribution >= 4 is 30.1 Å². The Morgan fingerprint density at radius 1 is 1.60 bits per heavy atom. The fourth-order valence-electron chi connectivity index (χ4n) is 1.79. The van der Waals surface area contributed by atoms with Crippen molar-refractivity contribution in [1.29, 1.82) is 0 Å². The fraction of sp³-hybridized carbons (Fsp3) is 0.900. The van der Waals surface area contributed by atoms with Gasteiger partial charge in [0.15, 0.2) is 0 Å². The highest BCUT2D eigenvalue weighted by Crippen LogP contribution is 2.11. The summed E-state index contributed by atoms with van der Waals surface area (Å²) in [5, 5.41) is 3.25. The van der Waals surface area contributed by atoms with Crippen molar-refractivity contribution in [2.75, 3.05) is 32.1 Å². The van der Waals surface area contributed by atoms with Gasteiger partial charge in [0.1, 0.15) is 0 Å². The Hall–Kier alpha value is 0.0700. The first-order valence-electron chi connectivity index (χ1n) is 5.22. The number of piperidine rings is 1. The van der Waals surface area contributed by atoms with Crippen molar-refractivity contribution in [3.63, 3.8) is 0 Å². The summed E-state index contributed by atoms with van der Waals surface area (Å²) in [6.45, 7) is 1.84. The molecule has 1 aliphatic rings. The predicted octanol–water partition coefficient (Wildman–Crippen LogP) is 1.37. The molecule has 1 atom stereocenters. The summed E-state index contributed by atoms with van der Waals surface area (Å²) in [6, 6.07) is 0.502. The number of hydrogen-bond acceptors (Lipinski definition) is 3. The standard InChI is InChI=1S/C10H20N2OS.ClH/c1-11-9-4-3-6-12(8-9)10(13)5-7-14-2;/h9,11H,3-8H2,1-2H3;1H. The van der Waals surface area contributed by atoms with Crippen LogP contribution in [0.3, 0.4) is 0 Å². The number of carbonyl (C=O) groups is 1. The summed E-state index contributed by atoms with van der Waals surface area (Å²) < 4.78 is 0. The van der Waals surface area contributed by atoms with E-state index in [4.69, 9.17) is 0 Å². The molecule has 0 aromatic carbocycles. The zero-order valence-corrected chi connectivity index (χ0v) is 11.1. The van der Waals surface area contributed by atoms with Crippen molar-refractivity contribution in [3.8, 4) is 0 Å². The third-order valence-electron chi connectivity index (χ3n) is 2.70. The van der Waals surface area contributed by atoms with Crippen LogP contribution in [0.2, 0.25) is 0 Å². The minimum atomic E-state index is 0. The van der Waals surface area contributed by atoms with Crippen molar-refractivity contribution < 1.29 is 4.79 Å². The van der Waals surface area contributed by atoms with Crippen LogP contribution in [0, 0.1) is 0 Å². The molecule has 0 radical (unpaired) electrons. The van der Waals surface area contributed by atoms with Gasteiger partial charge in [-0.2, -0.15) is 11.8 Å². The average Bonchev–Trinajstić information content (AvgIpc) is 2.26. The Balaban J connectivity index is 0.00000196. The lowest BCUT2D eigenvalue weighted by Gasteiger charge is -2.32. The highest BCUT2D eigenvalue weighted by Gasteiger charge is 2.21. The minimum Gasteiger partial charge on any atom is -0.341 e. The van der Waals surface area contributed by atoms with E-state index in [1.54, 1.807) is 11.8 Å². The number of hydrogen-bond donors (Lipinski definition) is 1. The molecule has 1 N–H and O–H groups in total. The van der Waals surface area contributed by atoms with Crippen molar-refractivity contribution in [2.24, 2.45) is 0 Å². The molecule has 1 rings (SSSR count). The van der Waals surface area contributed by atoms with Crippen LogP contribution >= 0.6 is 24.2 Å². The smallest absolute Gasteiger partial charge is 0.223 e. The van der Waals surface area contributed by atoms with Crippen LogP contribution in [-0.4, -0.2) is 49.0 Å². The van der Waals surface area contributed by atoms with Crippen LogP contribution in [0.25, 0.3) is 0 Å². The monoisotopic (exact) mass is 252 g/mol. The van der Waals surface area contributed by atoms with E-state index >= 15 is 0 Å². The molecular formula is C10H21ClN2OS. The highest BCUT2D eigenvalue weighted by atomic mass is 35.5. The van der Waals surface area contributed by atoms with Crippen LogP contribution in [0.5, 0.6) is 0 Å². The lowest BCUT2D eigenvalue weighted by Crippen LogP contribution is -2.47. The number of likely N-dealkylation sites (N-methyl/N-ethyl adjacent to an activating group) is 1. The van der Waals surface area contributed by atoms with Crippen LogP contribution in [0.4, 0.5) is 0 Å². The summed E-state index contributed by atoms with van der Waals surface area (Å²) in [5.74, 6) is 1.26. The van der Waals surface area contributed by atoms with Crippen LogP contribution in [0.1, 0.15) is 19.3 Å². The zero-order chi connectivity index (χ0) is 10.4. The highest BCUT2D eigenvalue weighted by molar-refractivity contribution is 7.98. The number of likely N-dealkylation sites (tertiary alicyclic amines) is 1. The van der Waals surface area contributed by atoms with Crippen LogP contribution in [0.15, 0.2) is 0 Å². The summed E-state index contributed by atoms with van der Waals surface area (Å²) in [4.78, 5) is 13.7. The maximum atomic E-state index is 11.7. The quantitative estimate of drug-likeness (QED) is 0.821. The van der Waals surface area contributed by atoms with Crippen molar-refractivity contribution in [3.05, 3.63) is 0 Å². The molecule has 1 fully saturated rings. The van der Waals surface area contributed by atoms with E-state index in [1.165, 1.54) is 6.42 Å². The topological polar surface area (TPSA) is 32.3 Å². The van der Waals surface area contributed by atoms with Gasteiger partial charge in [-0.3, -0.25) is 4.79 Å². The average molecular weight is 253 g/mol. The number of thioether (sulfide) groups is 1. The van der Waals surface area contributed by atoms with E-state index in [9.17, 15) is 4.79 Å². The Kier molecular flexibility index (Phi) is 8.29. The second kappa shape index (κ2) is 8.25. The van der Waals surface area contributed by atoms with Gasteiger partial charge in [0.2, 0.25) is 5.91 Å². The van der Waals surface area contributed by atoms with Crippen LogP contribution in [-0.2, 0) is 4.79 Å². The molecule has 3 nitrogen and oxygen atoms in total. The molecule has 5 heteroatoms. The van der Waals surface area contributed by atoms with E-state index in [1.807, 2.05) is 18.2 Å². The SMILES string of the molecule is CNC1CCCN(C(=O)CCSC)C1.Cl. The molecule has 1 saturated heterocycles. The number of nitrogens with zero attached hydrogens (tertiary/aromatic N) is 1. The lowest BCUT2D eigenvalue weighted by molar-refractivity contribution is -0.132. The predicted molar refractivity (Wildman–Crippen MR) is 68.9 cm³/mol. The zero-order valence-electron chi connectivity index (χ0n) is 9.49. The van der Waals surface area contributed by atoms with E-state index in [-0.39, 0.29) is 12.4 Å². The molecule has 0 spiro atoms. The molecule has 0 aromatic rings. The van der Waals surface area contributed by atoms with Gasteiger partial charge in [0.25, 0.3) is 0 Å². The van der Waals surface area contributed by atoms with E-state index in [0.717, 1.165) is 25.3 Å². The van der Waals surface area contributed by atoms with Gasteiger partial charge in [-0.25, -0.2) is 0 Å². The van der Waals surface area contributed by atoms with E-state index in [0.29, 0.717) is 18.4 Å². The molecule has 0 aliphatic carbocycles. The van der Waals surface area contributed by atoms with Crippen LogP contribution < -0.4 is 5.32 Å². The largest absolute Gasteiger partial charge is 0.341 e. The van der Waals surface area contributed by atoms with Crippen molar-refractivity contribution in [1.82, 2.24) is 10.2 Å². The van der Waals surface area contributed by atoms with E-state index in [2.05, 4.69) is 5.32 Å². The first kappa shape index (κ1) is 15.1. The third-order valence-corrected chi connectivity index (χ3v) is 3.31. The van der Waals surface area contributed by atoms with Gasteiger partial charge >= 0.3 is 0 Å². The Labute approximate surface area is 103 Å². The first-order chi connectivity index (χ1) is 6.77. The summed E-state index contributed by atoms with van der Waals surface area (Å²) in [7, 11) is 1.97. The van der Waals surface area contributed by atoms with Gasteiger partial charge in [-0.1, -0.05) is 0 Å². The van der Waals surface area contributed by atoms with E-state index < -0.39 is 0 Å². The Bertz CT molecular complexity index is 192. The van der Waals surface area contributed by atoms with Crippen molar-refractivity contribution in [2.45, 2.75) is 25.3 Å². The number of nitrogens with one attached hydrogen (secondary N) is 1. The van der Waals surface area contributed by atoms with Gasteiger partial charge in [-0.15, -0.1) is 12.4 Å². The molecule has 1 heterocycles. The van der Waals surface area contributed by atoms with Gasteiger partial charge in [-0.05, 0) is 26.1 Å². The number of carbonyl (C=O) groups excluding carboxylic acids is 1. The Morgan fingerprint density at radius 3 is 2.93 bits per heavy atom. The summed E-state index contributed by atoms with van der Waals surface area (Å²) in [5.41, 5.74) is 0. The molecule has 1 aliphatic heterocycles. The molecule has 0 aromatic heterocycles. The molecule has 90 valence electrons. The molecular weight excluding hydrogens is 232 g/mol. The number of amides is 1. The second-order valence-corrected chi connectivity index (χ2v) is 4.70. The van der Waals surface area contributed by atoms with Gasteiger partial charge < -0.3 is 10.2 Å². The number of rotatable bonds is 4. The second-order valence-electron chi connectivity index (χ2n) is 3.71. The Morgan fingerprint density at radius 2 is 2.33 bits per heavy atom. The lowest BCUT2D eigenvalue weighted by atomic mass is 10.1. The normalized spacial score (nSPS) is 20.9. The first-order valence-corrected chi connectivity index (χ1v) is 6.61. The maximum Gasteiger partial charge on any atom is 0.223 e. The van der Waals surface area contributed by atoms with Gasteiger partial charge in [0.05, 0.1) is 0 Å². The summed E-state index contributed by atoms with van der Waals surface area (Å²) >= 11 is 1.74. The molecule has 0 saturated carbocycles. The number of halogens is 1. The minimum absolute atomic E-state index is 0.